The molecule has 1 amide bonds. The second-order valence-electron chi connectivity index (χ2n) is 9.65. The van der Waals surface area contributed by atoms with E-state index < -0.39 is 17.0 Å². The van der Waals surface area contributed by atoms with Gasteiger partial charge < -0.3 is 15.5 Å². The molecule has 1 saturated carbocycles. The lowest BCUT2D eigenvalue weighted by molar-refractivity contribution is -0.123. The number of aromatic nitrogens is 3. The Morgan fingerprint density at radius 3 is 2.65 bits per heavy atom. The van der Waals surface area contributed by atoms with Crippen molar-refractivity contribution in [3.05, 3.63) is 53.9 Å². The number of rotatable bonds is 4. The van der Waals surface area contributed by atoms with Crippen LogP contribution in [-0.4, -0.2) is 51.8 Å². The smallest absolute Gasteiger partial charge is 0.235 e. The average molecular weight is 465 g/mol. The van der Waals surface area contributed by atoms with Gasteiger partial charge in [-0.3, -0.25) is 4.79 Å². The predicted molar refractivity (Wildman–Crippen MR) is 125 cm³/mol. The van der Waals surface area contributed by atoms with Gasteiger partial charge in [0.1, 0.15) is 17.8 Å². The van der Waals surface area contributed by atoms with E-state index in [9.17, 15) is 13.6 Å². The summed E-state index contributed by atoms with van der Waals surface area (Å²) in [5, 5.41) is 11.0. The summed E-state index contributed by atoms with van der Waals surface area (Å²) in [5.74, 6) is -0.886. The van der Waals surface area contributed by atoms with Gasteiger partial charge in [-0.05, 0) is 75.6 Å². The molecular weight excluding hydrogens is 438 g/mol. The van der Waals surface area contributed by atoms with E-state index in [1.54, 1.807) is 0 Å². The largest absolute Gasteiger partial charge is 0.381 e. The zero-order chi connectivity index (χ0) is 23.4. The summed E-state index contributed by atoms with van der Waals surface area (Å²) in [7, 11) is 2.12. The highest BCUT2D eigenvalue weighted by molar-refractivity contribution is 6.10. The van der Waals surface area contributed by atoms with Crippen LogP contribution in [-0.2, 0) is 10.2 Å². The third-order valence-electron chi connectivity index (χ3n) is 7.56. The molecule has 2 aromatic carbocycles. The molecule has 2 fully saturated rings. The van der Waals surface area contributed by atoms with Crippen LogP contribution in [0.4, 0.5) is 20.2 Å². The maximum absolute atomic E-state index is 14.6. The summed E-state index contributed by atoms with van der Waals surface area (Å²) in [4.78, 5) is 19.7. The summed E-state index contributed by atoms with van der Waals surface area (Å²) in [6, 6.07) is 7.61. The first-order chi connectivity index (χ1) is 16.4. The molecule has 6 rings (SSSR count). The van der Waals surface area contributed by atoms with Gasteiger partial charge in [-0.25, -0.2) is 18.4 Å². The predicted octanol–water partition coefficient (Wildman–Crippen LogP) is 4.09. The second-order valence-corrected chi connectivity index (χ2v) is 9.65. The van der Waals surface area contributed by atoms with Gasteiger partial charge in [-0.1, -0.05) is 6.42 Å². The van der Waals surface area contributed by atoms with E-state index in [0.717, 1.165) is 73.8 Å². The lowest BCUT2D eigenvalue weighted by atomic mass is 9.65. The number of amides is 1. The van der Waals surface area contributed by atoms with Gasteiger partial charge in [-0.2, -0.15) is 5.10 Å². The summed E-state index contributed by atoms with van der Waals surface area (Å²) in [5.41, 5.74) is 3.00. The molecule has 34 heavy (non-hydrogen) atoms. The summed E-state index contributed by atoms with van der Waals surface area (Å²) >= 11 is 0. The maximum Gasteiger partial charge on any atom is 0.235 e. The normalized spacial score (nSPS) is 19.7. The maximum atomic E-state index is 14.6. The molecule has 3 aliphatic rings. The first-order valence-corrected chi connectivity index (χ1v) is 11.8. The van der Waals surface area contributed by atoms with Crippen molar-refractivity contribution in [2.75, 3.05) is 30.8 Å². The quantitative estimate of drug-likeness (QED) is 0.608. The Morgan fingerprint density at radius 2 is 1.94 bits per heavy atom. The van der Waals surface area contributed by atoms with Crippen LogP contribution in [0.5, 0.6) is 0 Å². The number of nitrogens with one attached hydrogen (secondary N) is 2. The van der Waals surface area contributed by atoms with E-state index in [2.05, 4.69) is 32.7 Å². The number of nitrogens with zero attached hydrogens (tertiary/aromatic N) is 4. The number of hydrogen-bond donors (Lipinski definition) is 2. The van der Waals surface area contributed by atoms with Gasteiger partial charge in [0.25, 0.3) is 0 Å². The second kappa shape index (κ2) is 7.87. The van der Waals surface area contributed by atoms with E-state index in [-0.39, 0.29) is 17.6 Å². The van der Waals surface area contributed by atoms with Crippen molar-refractivity contribution in [1.82, 2.24) is 19.7 Å². The van der Waals surface area contributed by atoms with E-state index in [1.807, 2.05) is 12.1 Å². The molecule has 1 aliphatic carbocycles. The van der Waals surface area contributed by atoms with Crippen LogP contribution in [0.2, 0.25) is 0 Å². The fourth-order valence-electron chi connectivity index (χ4n) is 5.42. The summed E-state index contributed by atoms with van der Waals surface area (Å²) in [6.45, 7) is 2.02. The standard InChI is InChI=1S/C25H26F2N6O/c1-32-9-5-17(6-10-32)30-20-12-15(11-18-22(20)31-24(34)25(18)7-2-8-25)23-28-14-29-33(23)21-4-3-16(26)13-19(21)27/h3-4,11-14,17,30H,2,5-10H2,1H3,(H,31,34). The monoisotopic (exact) mass is 464 g/mol. The van der Waals surface area contributed by atoms with Crippen molar-refractivity contribution in [2.45, 2.75) is 43.6 Å². The van der Waals surface area contributed by atoms with Gasteiger partial charge in [0, 0.05) is 17.7 Å². The molecule has 2 N–H and O–H groups in total. The highest BCUT2D eigenvalue weighted by Gasteiger charge is 2.52. The Balaban J connectivity index is 1.46. The highest BCUT2D eigenvalue weighted by atomic mass is 19.1. The van der Waals surface area contributed by atoms with Gasteiger partial charge in [0.05, 0.1) is 16.8 Å². The van der Waals surface area contributed by atoms with E-state index in [1.165, 1.54) is 23.1 Å². The molecule has 7 nitrogen and oxygen atoms in total. The lowest BCUT2D eigenvalue weighted by Crippen LogP contribution is -2.40. The van der Waals surface area contributed by atoms with Crippen LogP contribution in [0, 0.1) is 11.6 Å². The number of fused-ring (bicyclic) bond motifs is 2. The number of piperidine rings is 1. The lowest BCUT2D eigenvalue weighted by Gasteiger charge is -2.36. The van der Waals surface area contributed by atoms with Crippen LogP contribution >= 0.6 is 0 Å². The Morgan fingerprint density at radius 1 is 1.15 bits per heavy atom. The molecule has 9 heteroatoms. The number of hydrogen-bond acceptors (Lipinski definition) is 5. The average Bonchev–Trinajstić information content (AvgIpc) is 3.37. The van der Waals surface area contributed by atoms with Crippen LogP contribution in [0.3, 0.4) is 0 Å². The Hall–Kier alpha value is -3.33. The highest BCUT2D eigenvalue weighted by Crippen LogP contribution is 2.54. The summed E-state index contributed by atoms with van der Waals surface area (Å²) in [6.07, 6.45) is 5.99. The molecule has 1 saturated heterocycles. The third-order valence-corrected chi connectivity index (χ3v) is 7.56. The minimum absolute atomic E-state index is 0.0448. The molecule has 0 unspecified atom stereocenters. The Kier molecular flexibility index (Phi) is 4.91. The van der Waals surface area contributed by atoms with Gasteiger partial charge in [0.15, 0.2) is 11.6 Å². The topological polar surface area (TPSA) is 75.1 Å². The van der Waals surface area contributed by atoms with Crippen LogP contribution in [0.25, 0.3) is 17.1 Å². The fourth-order valence-corrected chi connectivity index (χ4v) is 5.42. The molecular formula is C25H26F2N6O. The van der Waals surface area contributed by atoms with Crippen LogP contribution in [0.15, 0.2) is 36.7 Å². The minimum Gasteiger partial charge on any atom is -0.381 e. The minimum atomic E-state index is -0.718. The Labute approximate surface area is 196 Å². The van der Waals surface area contributed by atoms with Crippen LogP contribution in [0.1, 0.15) is 37.7 Å². The van der Waals surface area contributed by atoms with Crippen molar-refractivity contribution in [1.29, 1.82) is 0 Å². The summed E-state index contributed by atoms with van der Waals surface area (Å²) < 4.78 is 29.5. The first-order valence-electron chi connectivity index (χ1n) is 11.8. The molecule has 1 spiro atoms. The van der Waals surface area contributed by atoms with E-state index >= 15 is 0 Å². The Bertz CT molecular complexity index is 1280. The van der Waals surface area contributed by atoms with Crippen molar-refractivity contribution in [3.63, 3.8) is 0 Å². The van der Waals surface area contributed by atoms with Crippen molar-refractivity contribution >= 4 is 17.3 Å². The van der Waals surface area contributed by atoms with Gasteiger partial charge in [0.2, 0.25) is 5.91 Å². The zero-order valence-corrected chi connectivity index (χ0v) is 18.9. The number of carbonyl (C=O) groups is 1. The van der Waals surface area contributed by atoms with E-state index in [0.29, 0.717) is 5.82 Å². The molecule has 3 heterocycles. The number of halogens is 2. The third kappa shape index (κ3) is 3.29. The number of carbonyl (C=O) groups excluding carboxylic acids is 1. The van der Waals surface area contributed by atoms with Crippen molar-refractivity contribution in [3.8, 4) is 17.1 Å². The first kappa shape index (κ1) is 21.2. The number of anilines is 2. The number of likely N-dealkylation sites (tertiary alicyclic amines) is 1. The van der Waals surface area contributed by atoms with Gasteiger partial charge >= 0.3 is 0 Å². The molecule has 2 aliphatic heterocycles. The SMILES string of the molecule is CN1CCC(Nc2cc(-c3ncnn3-c3ccc(F)cc3F)cc3c2NC(=O)C32CCC2)CC1. The molecule has 0 bridgehead atoms. The molecule has 1 aromatic heterocycles. The van der Waals surface area contributed by atoms with Gasteiger partial charge in [-0.15, -0.1) is 0 Å². The fraction of sp³-hybridized carbons (Fsp3) is 0.400. The molecule has 3 aromatic rings. The van der Waals surface area contributed by atoms with E-state index in [4.69, 9.17) is 0 Å². The zero-order valence-electron chi connectivity index (χ0n) is 18.9. The van der Waals surface area contributed by atoms with Crippen molar-refractivity contribution < 1.29 is 13.6 Å². The molecule has 176 valence electrons. The molecule has 0 radical (unpaired) electrons. The van der Waals surface area contributed by atoms with Crippen LogP contribution < -0.4 is 10.6 Å². The molecule has 0 atom stereocenters. The number of benzene rings is 2. The van der Waals surface area contributed by atoms with Crippen molar-refractivity contribution in [2.24, 2.45) is 0 Å².